The zero-order chi connectivity index (χ0) is 12.1. The molecule has 0 aromatic heterocycles. The molecule has 2 N–H and O–H groups in total. The van der Waals surface area contributed by atoms with E-state index in [0.29, 0.717) is 6.04 Å². The van der Waals surface area contributed by atoms with E-state index in [0.717, 1.165) is 16.4 Å². The van der Waals surface area contributed by atoms with Crippen LogP contribution in [0.2, 0.25) is 0 Å². The van der Waals surface area contributed by atoms with Crippen molar-refractivity contribution in [3.8, 4) is 0 Å². The van der Waals surface area contributed by atoms with Crippen molar-refractivity contribution in [2.75, 3.05) is 11.5 Å². The van der Waals surface area contributed by atoms with Crippen LogP contribution in [0.1, 0.15) is 51.9 Å². The molecule has 1 saturated carbocycles. The van der Waals surface area contributed by atoms with E-state index in [1.54, 1.807) is 0 Å². The van der Waals surface area contributed by atoms with Gasteiger partial charge in [0, 0.05) is 28.0 Å². The lowest BCUT2D eigenvalue weighted by Gasteiger charge is -2.37. The molecule has 2 fully saturated rings. The largest absolute Gasteiger partial charge is 0.326 e. The van der Waals surface area contributed by atoms with Crippen molar-refractivity contribution in [3.05, 3.63) is 0 Å². The Kier molecular flexibility index (Phi) is 6.04. The van der Waals surface area contributed by atoms with Crippen molar-refractivity contribution in [1.82, 2.24) is 0 Å². The Morgan fingerprint density at radius 1 is 1.06 bits per heavy atom. The van der Waals surface area contributed by atoms with Crippen molar-refractivity contribution in [2.24, 2.45) is 11.7 Å². The molecule has 1 heterocycles. The molecule has 0 spiro atoms. The Hall–Kier alpha value is 0.660. The quantitative estimate of drug-likeness (QED) is 0.790. The van der Waals surface area contributed by atoms with Crippen LogP contribution in [-0.4, -0.2) is 28.0 Å². The number of thioether (sulfide) groups is 2. The molecule has 3 atom stereocenters. The highest BCUT2D eigenvalue weighted by molar-refractivity contribution is 8.07. The molecule has 0 bridgehead atoms. The summed E-state index contributed by atoms with van der Waals surface area (Å²) in [4.78, 5) is 0. The molecule has 2 aliphatic rings. The van der Waals surface area contributed by atoms with Gasteiger partial charge in [-0.05, 0) is 25.2 Å². The monoisotopic (exact) mass is 273 g/mol. The van der Waals surface area contributed by atoms with Crippen LogP contribution in [0.3, 0.4) is 0 Å². The van der Waals surface area contributed by atoms with Gasteiger partial charge in [0.05, 0.1) is 0 Å². The number of rotatable bonds is 3. The number of hydrogen-bond donors (Lipinski definition) is 1. The third kappa shape index (κ3) is 3.81. The average molecular weight is 274 g/mol. The van der Waals surface area contributed by atoms with Crippen LogP contribution in [0, 0.1) is 5.92 Å². The van der Waals surface area contributed by atoms with Crippen molar-refractivity contribution < 1.29 is 0 Å². The first-order valence-electron chi connectivity index (χ1n) is 7.31. The van der Waals surface area contributed by atoms with Crippen molar-refractivity contribution in [3.63, 3.8) is 0 Å². The molecule has 0 radical (unpaired) electrons. The second kappa shape index (κ2) is 7.30. The first-order valence-corrected chi connectivity index (χ1v) is 9.41. The SMILES string of the molecule is CCC1SCCSC1C(N)C1CCCCCC1. The van der Waals surface area contributed by atoms with Crippen LogP contribution in [0.15, 0.2) is 0 Å². The zero-order valence-corrected chi connectivity index (χ0v) is 12.7. The Labute approximate surface area is 115 Å². The topological polar surface area (TPSA) is 26.0 Å². The van der Waals surface area contributed by atoms with Gasteiger partial charge < -0.3 is 5.73 Å². The summed E-state index contributed by atoms with van der Waals surface area (Å²) in [6.45, 7) is 2.33. The second-order valence-electron chi connectivity index (χ2n) is 5.48. The molecule has 100 valence electrons. The predicted molar refractivity (Wildman–Crippen MR) is 82.0 cm³/mol. The van der Waals surface area contributed by atoms with Gasteiger partial charge in [0.2, 0.25) is 0 Å². The predicted octanol–water partition coefficient (Wildman–Crippen LogP) is 3.91. The summed E-state index contributed by atoms with van der Waals surface area (Å²) in [6.07, 6.45) is 9.78. The van der Waals surface area contributed by atoms with Crippen LogP contribution in [0.4, 0.5) is 0 Å². The van der Waals surface area contributed by atoms with Gasteiger partial charge in [-0.3, -0.25) is 0 Å². The molecular formula is C14H27NS2. The van der Waals surface area contributed by atoms with Crippen molar-refractivity contribution in [2.45, 2.75) is 68.4 Å². The third-order valence-electron chi connectivity index (χ3n) is 4.32. The van der Waals surface area contributed by atoms with E-state index in [4.69, 9.17) is 5.73 Å². The lowest BCUT2D eigenvalue weighted by molar-refractivity contribution is 0.361. The Balaban J connectivity index is 1.93. The average Bonchev–Trinajstić information content (AvgIpc) is 2.66. The van der Waals surface area contributed by atoms with E-state index in [1.165, 1.54) is 56.5 Å². The van der Waals surface area contributed by atoms with Crippen LogP contribution in [-0.2, 0) is 0 Å². The van der Waals surface area contributed by atoms with Gasteiger partial charge in [0.1, 0.15) is 0 Å². The molecule has 0 aromatic rings. The highest BCUT2D eigenvalue weighted by Gasteiger charge is 2.34. The second-order valence-corrected chi connectivity index (χ2v) is 8.11. The van der Waals surface area contributed by atoms with Crippen LogP contribution in [0.25, 0.3) is 0 Å². The molecular weight excluding hydrogens is 246 g/mol. The van der Waals surface area contributed by atoms with E-state index in [9.17, 15) is 0 Å². The molecule has 0 aromatic carbocycles. The Morgan fingerprint density at radius 3 is 2.35 bits per heavy atom. The molecule has 1 nitrogen and oxygen atoms in total. The van der Waals surface area contributed by atoms with E-state index in [1.807, 2.05) is 0 Å². The fourth-order valence-corrected chi connectivity index (χ4v) is 6.53. The highest BCUT2D eigenvalue weighted by atomic mass is 32.2. The van der Waals surface area contributed by atoms with E-state index in [2.05, 4.69) is 30.4 Å². The highest BCUT2D eigenvalue weighted by Crippen LogP contribution is 2.38. The van der Waals surface area contributed by atoms with Gasteiger partial charge in [-0.1, -0.05) is 32.6 Å². The first-order chi connectivity index (χ1) is 8.33. The summed E-state index contributed by atoms with van der Waals surface area (Å²) in [6, 6.07) is 0.454. The Morgan fingerprint density at radius 2 is 1.71 bits per heavy atom. The lowest BCUT2D eigenvalue weighted by Crippen LogP contribution is -2.46. The van der Waals surface area contributed by atoms with Crippen molar-refractivity contribution in [1.29, 1.82) is 0 Å². The first kappa shape index (κ1) is 14.1. The van der Waals surface area contributed by atoms with Gasteiger partial charge in [-0.15, -0.1) is 0 Å². The van der Waals surface area contributed by atoms with Gasteiger partial charge in [-0.25, -0.2) is 0 Å². The summed E-state index contributed by atoms with van der Waals surface area (Å²) in [5, 5.41) is 1.54. The lowest BCUT2D eigenvalue weighted by atomic mass is 9.89. The molecule has 1 aliphatic heterocycles. The van der Waals surface area contributed by atoms with Crippen LogP contribution in [0.5, 0.6) is 0 Å². The fraction of sp³-hybridized carbons (Fsp3) is 1.00. The normalized spacial score (nSPS) is 34.2. The van der Waals surface area contributed by atoms with Gasteiger partial charge >= 0.3 is 0 Å². The Bertz CT molecular complexity index is 214. The van der Waals surface area contributed by atoms with Crippen LogP contribution >= 0.6 is 23.5 Å². The van der Waals surface area contributed by atoms with E-state index < -0.39 is 0 Å². The van der Waals surface area contributed by atoms with E-state index >= 15 is 0 Å². The van der Waals surface area contributed by atoms with Crippen LogP contribution < -0.4 is 5.73 Å². The summed E-state index contributed by atoms with van der Waals surface area (Å²) in [5.74, 6) is 3.45. The maximum atomic E-state index is 6.62. The van der Waals surface area contributed by atoms with Gasteiger partial charge in [-0.2, -0.15) is 23.5 Å². The number of nitrogens with two attached hydrogens (primary N) is 1. The minimum Gasteiger partial charge on any atom is -0.326 e. The molecule has 3 heteroatoms. The minimum absolute atomic E-state index is 0.454. The molecule has 3 unspecified atom stereocenters. The van der Waals surface area contributed by atoms with E-state index in [-0.39, 0.29) is 0 Å². The maximum absolute atomic E-state index is 6.62. The molecule has 2 rings (SSSR count). The molecule has 17 heavy (non-hydrogen) atoms. The van der Waals surface area contributed by atoms with Gasteiger partial charge in [0.15, 0.2) is 0 Å². The van der Waals surface area contributed by atoms with Crippen molar-refractivity contribution >= 4 is 23.5 Å². The smallest absolute Gasteiger partial charge is 0.0320 e. The molecule has 1 aliphatic carbocycles. The molecule has 1 saturated heterocycles. The fourth-order valence-electron chi connectivity index (χ4n) is 3.26. The zero-order valence-electron chi connectivity index (χ0n) is 11.1. The maximum Gasteiger partial charge on any atom is 0.0320 e. The standard InChI is InChI=1S/C14H27NS2/c1-2-12-14(17-10-9-16-12)13(15)11-7-5-3-4-6-8-11/h11-14H,2-10,15H2,1H3. The number of hydrogen-bond acceptors (Lipinski definition) is 3. The van der Waals surface area contributed by atoms with Gasteiger partial charge in [0.25, 0.3) is 0 Å². The summed E-state index contributed by atoms with van der Waals surface area (Å²) < 4.78 is 0. The third-order valence-corrected chi connectivity index (χ3v) is 7.71. The molecule has 0 amide bonds. The summed E-state index contributed by atoms with van der Waals surface area (Å²) in [7, 11) is 0. The minimum atomic E-state index is 0.454. The summed E-state index contributed by atoms with van der Waals surface area (Å²) in [5.41, 5.74) is 6.62. The summed E-state index contributed by atoms with van der Waals surface area (Å²) >= 11 is 4.33.